The molecular weight excluding hydrogens is 374 g/mol. The highest BCUT2D eigenvalue weighted by Gasteiger charge is 2.44. The summed E-state index contributed by atoms with van der Waals surface area (Å²) >= 11 is 0. The van der Waals surface area contributed by atoms with Gasteiger partial charge >= 0.3 is 17.9 Å². The van der Waals surface area contributed by atoms with Crippen LogP contribution < -0.4 is 5.73 Å². The number of rotatable bonds is 10. The van der Waals surface area contributed by atoms with Crippen molar-refractivity contribution in [3.63, 3.8) is 0 Å². The molecule has 2 atom stereocenters. The van der Waals surface area contributed by atoms with E-state index >= 15 is 0 Å². The van der Waals surface area contributed by atoms with E-state index in [2.05, 4.69) is 0 Å². The van der Waals surface area contributed by atoms with E-state index in [-0.39, 0.29) is 26.1 Å². The summed E-state index contributed by atoms with van der Waals surface area (Å²) in [4.78, 5) is 36.1. The fourth-order valence-electron chi connectivity index (χ4n) is 2.58. The number of hydrogen-bond donors (Lipinski definition) is 2. The van der Waals surface area contributed by atoms with E-state index in [9.17, 15) is 19.5 Å². The van der Waals surface area contributed by atoms with E-state index in [1.54, 1.807) is 31.2 Å². The predicted molar refractivity (Wildman–Crippen MR) is 105 cm³/mol. The van der Waals surface area contributed by atoms with Crippen LogP contribution in [0.2, 0.25) is 0 Å². The van der Waals surface area contributed by atoms with Gasteiger partial charge < -0.3 is 20.3 Å². The molecule has 3 N–H and O–H groups in total. The maximum absolute atomic E-state index is 12.3. The number of nitrogens with two attached hydrogens (primary N) is 1. The summed E-state index contributed by atoms with van der Waals surface area (Å²) in [5.41, 5.74) is 5.16. The highest BCUT2D eigenvalue weighted by molar-refractivity contribution is 6.03. The van der Waals surface area contributed by atoms with Gasteiger partial charge in [0.1, 0.15) is 13.2 Å². The van der Waals surface area contributed by atoms with Crippen LogP contribution in [0.5, 0.6) is 0 Å². The monoisotopic (exact) mass is 399 g/mol. The van der Waals surface area contributed by atoms with Crippen LogP contribution in [0.15, 0.2) is 60.7 Å². The fraction of sp³-hybridized carbons (Fsp3) is 0.318. The molecule has 0 saturated heterocycles. The molecule has 29 heavy (non-hydrogen) atoms. The fourth-order valence-corrected chi connectivity index (χ4v) is 2.58. The number of carboxylic acids is 1. The predicted octanol–water partition coefficient (Wildman–Crippen LogP) is 2.67. The van der Waals surface area contributed by atoms with Crippen molar-refractivity contribution in [3.8, 4) is 0 Å². The molecule has 0 fully saturated rings. The third-order valence-electron chi connectivity index (χ3n) is 4.56. The number of hydrogen-bond acceptors (Lipinski definition) is 6. The summed E-state index contributed by atoms with van der Waals surface area (Å²) in [5, 5.41) is 9.46. The lowest BCUT2D eigenvalue weighted by Crippen LogP contribution is -2.56. The molecule has 154 valence electrons. The molecule has 0 spiro atoms. The average molecular weight is 399 g/mol. The van der Waals surface area contributed by atoms with Gasteiger partial charge in [-0.05, 0) is 24.0 Å². The second kappa shape index (κ2) is 10.4. The Morgan fingerprint density at radius 3 is 1.90 bits per heavy atom. The number of carbonyl (C=O) groups excluding carboxylic acids is 2. The van der Waals surface area contributed by atoms with Crippen LogP contribution in [-0.2, 0) is 37.1 Å². The van der Waals surface area contributed by atoms with Crippen molar-refractivity contribution in [2.45, 2.75) is 38.5 Å². The molecule has 2 unspecified atom stereocenters. The first-order valence-corrected chi connectivity index (χ1v) is 9.27. The average Bonchev–Trinajstić information content (AvgIpc) is 2.75. The summed E-state index contributed by atoms with van der Waals surface area (Å²) in [7, 11) is 0. The molecule has 0 aliphatic carbocycles. The van der Waals surface area contributed by atoms with Crippen molar-refractivity contribution in [1.29, 1.82) is 0 Å². The van der Waals surface area contributed by atoms with Crippen LogP contribution in [0, 0.1) is 5.92 Å². The Bertz CT molecular complexity index is 824. The Balaban J connectivity index is 1.88. The number of aliphatic carboxylic acids is 1. The van der Waals surface area contributed by atoms with Gasteiger partial charge in [-0.25, -0.2) is 9.59 Å². The molecule has 7 nitrogen and oxygen atoms in total. The molecule has 0 amide bonds. The van der Waals surface area contributed by atoms with E-state index in [1.165, 1.54) is 0 Å². The van der Waals surface area contributed by atoms with Gasteiger partial charge in [0.2, 0.25) is 5.54 Å². The first-order valence-electron chi connectivity index (χ1n) is 9.27. The van der Waals surface area contributed by atoms with Crippen molar-refractivity contribution < 1.29 is 29.0 Å². The maximum Gasteiger partial charge on any atom is 0.338 e. The van der Waals surface area contributed by atoms with Gasteiger partial charge in [0.15, 0.2) is 0 Å². The molecule has 2 rings (SSSR count). The third kappa shape index (κ3) is 6.43. The minimum Gasteiger partial charge on any atom is -0.479 e. The first kappa shape index (κ1) is 22.1. The van der Waals surface area contributed by atoms with E-state index in [4.69, 9.17) is 15.2 Å². The molecule has 0 bridgehead atoms. The summed E-state index contributed by atoms with van der Waals surface area (Å²) in [6.07, 6.45) is -0.186. The highest BCUT2D eigenvalue weighted by Crippen LogP contribution is 2.19. The Labute approximate surface area is 169 Å². The Kier molecular flexibility index (Phi) is 7.91. The van der Waals surface area contributed by atoms with Crippen LogP contribution in [0.25, 0.3) is 0 Å². The standard InChI is InChI=1S/C22H25NO6/c1-16(19(24)28-14-17-8-4-2-5-9-17)12-13-22(23,20(25)26)21(27)29-15-18-10-6-3-7-11-18/h2-11,16H,12-15,23H2,1H3,(H,25,26). The Hall–Kier alpha value is -3.19. The van der Waals surface area contributed by atoms with Crippen molar-refractivity contribution in [1.82, 2.24) is 0 Å². The summed E-state index contributed by atoms with van der Waals surface area (Å²) in [6, 6.07) is 18.1. The molecule has 0 aliphatic rings. The normalized spacial score (nSPS) is 13.7. The van der Waals surface area contributed by atoms with Crippen LogP contribution in [0.3, 0.4) is 0 Å². The van der Waals surface area contributed by atoms with Crippen molar-refractivity contribution in [2.75, 3.05) is 0 Å². The molecule has 0 aromatic heterocycles. The van der Waals surface area contributed by atoms with Gasteiger partial charge in [0.25, 0.3) is 0 Å². The molecule has 2 aromatic carbocycles. The van der Waals surface area contributed by atoms with Gasteiger partial charge in [-0.1, -0.05) is 67.6 Å². The summed E-state index contributed by atoms with van der Waals surface area (Å²) in [5.74, 6) is -3.65. The number of esters is 2. The molecule has 0 saturated carbocycles. The van der Waals surface area contributed by atoms with Crippen molar-refractivity contribution in [2.24, 2.45) is 11.7 Å². The molecular formula is C22H25NO6. The molecule has 7 heteroatoms. The lowest BCUT2D eigenvalue weighted by Gasteiger charge is -2.24. The first-order chi connectivity index (χ1) is 13.8. The molecule has 0 heterocycles. The Morgan fingerprint density at radius 2 is 1.41 bits per heavy atom. The van der Waals surface area contributed by atoms with E-state index in [0.717, 1.165) is 5.56 Å². The van der Waals surface area contributed by atoms with Crippen molar-refractivity contribution in [3.05, 3.63) is 71.8 Å². The zero-order valence-corrected chi connectivity index (χ0v) is 16.2. The quantitative estimate of drug-likeness (QED) is 0.466. The number of carboxylic acid groups (broad SMARTS) is 1. The maximum atomic E-state index is 12.3. The third-order valence-corrected chi connectivity index (χ3v) is 4.56. The summed E-state index contributed by atoms with van der Waals surface area (Å²) in [6.45, 7) is 1.64. The molecule has 0 radical (unpaired) electrons. The molecule has 0 aliphatic heterocycles. The van der Waals surface area contributed by atoms with Crippen molar-refractivity contribution >= 4 is 17.9 Å². The molecule has 2 aromatic rings. The van der Waals surface area contributed by atoms with Crippen LogP contribution in [-0.4, -0.2) is 28.6 Å². The van der Waals surface area contributed by atoms with Gasteiger partial charge in [-0.3, -0.25) is 4.79 Å². The smallest absolute Gasteiger partial charge is 0.338 e. The number of benzene rings is 2. The van der Waals surface area contributed by atoms with E-state index in [1.807, 2.05) is 36.4 Å². The Morgan fingerprint density at radius 1 is 0.931 bits per heavy atom. The zero-order chi connectivity index (χ0) is 21.3. The van der Waals surface area contributed by atoms with Crippen LogP contribution >= 0.6 is 0 Å². The van der Waals surface area contributed by atoms with Gasteiger partial charge in [0.05, 0.1) is 5.92 Å². The second-order valence-electron chi connectivity index (χ2n) is 6.87. The van der Waals surface area contributed by atoms with Gasteiger partial charge in [0, 0.05) is 0 Å². The topological polar surface area (TPSA) is 116 Å². The zero-order valence-electron chi connectivity index (χ0n) is 16.2. The van der Waals surface area contributed by atoms with E-state index < -0.39 is 29.4 Å². The van der Waals surface area contributed by atoms with Gasteiger partial charge in [-0.15, -0.1) is 0 Å². The minimum absolute atomic E-state index is 0.0663. The SMILES string of the molecule is CC(CCC(N)(C(=O)O)C(=O)OCc1ccccc1)C(=O)OCc1ccccc1. The van der Waals surface area contributed by atoms with Gasteiger partial charge in [-0.2, -0.15) is 0 Å². The minimum atomic E-state index is -2.23. The van der Waals surface area contributed by atoms with Crippen LogP contribution in [0.1, 0.15) is 30.9 Å². The second-order valence-corrected chi connectivity index (χ2v) is 6.87. The summed E-state index contributed by atoms with van der Waals surface area (Å²) < 4.78 is 10.3. The number of ether oxygens (including phenoxy) is 2. The number of carbonyl (C=O) groups is 3. The highest BCUT2D eigenvalue weighted by atomic mass is 16.5. The van der Waals surface area contributed by atoms with E-state index in [0.29, 0.717) is 5.56 Å². The largest absolute Gasteiger partial charge is 0.479 e. The van der Waals surface area contributed by atoms with Crippen LogP contribution in [0.4, 0.5) is 0 Å². The lowest BCUT2D eigenvalue weighted by atomic mass is 9.90. The lowest BCUT2D eigenvalue weighted by molar-refractivity contribution is -0.163.